The van der Waals surface area contributed by atoms with Gasteiger partial charge in [-0.25, -0.2) is 0 Å². The molecular weight excluding hydrogens is 274 g/mol. The molecule has 108 valence electrons. The van der Waals surface area contributed by atoms with Gasteiger partial charge in [0, 0.05) is 5.56 Å². The van der Waals surface area contributed by atoms with Crippen molar-refractivity contribution in [3.63, 3.8) is 0 Å². The van der Waals surface area contributed by atoms with Crippen LogP contribution < -0.4 is 10.1 Å². The molecule has 3 nitrogen and oxygen atoms in total. The van der Waals surface area contributed by atoms with E-state index in [0.717, 1.165) is 29.8 Å². The molecule has 4 heteroatoms. The number of aryl methyl sites for hydroxylation is 1. The molecule has 0 saturated carbocycles. The van der Waals surface area contributed by atoms with E-state index in [2.05, 4.69) is 25.2 Å². The maximum absolute atomic E-state index is 6.14. The summed E-state index contributed by atoms with van der Waals surface area (Å²) < 4.78 is 10.5. The fourth-order valence-corrected chi connectivity index (χ4v) is 2.51. The molecule has 1 heterocycles. The Morgan fingerprint density at radius 2 is 2.10 bits per heavy atom. The lowest BCUT2D eigenvalue weighted by Crippen LogP contribution is -2.23. The Bertz CT molecular complexity index is 565. The van der Waals surface area contributed by atoms with Gasteiger partial charge in [0.15, 0.2) is 5.22 Å². The van der Waals surface area contributed by atoms with Crippen molar-refractivity contribution in [1.82, 2.24) is 5.32 Å². The van der Waals surface area contributed by atoms with E-state index in [0.29, 0.717) is 5.22 Å². The first kappa shape index (κ1) is 14.9. The van der Waals surface area contributed by atoms with Gasteiger partial charge in [0.25, 0.3) is 0 Å². The molecule has 0 saturated heterocycles. The second-order valence-corrected chi connectivity index (χ2v) is 5.10. The number of benzene rings is 1. The second kappa shape index (κ2) is 6.82. The molecule has 0 fully saturated rings. The lowest BCUT2D eigenvalue weighted by Gasteiger charge is -2.20. The van der Waals surface area contributed by atoms with Gasteiger partial charge in [-0.2, -0.15) is 0 Å². The van der Waals surface area contributed by atoms with E-state index in [1.54, 1.807) is 13.4 Å². The van der Waals surface area contributed by atoms with E-state index >= 15 is 0 Å². The molecule has 1 atom stereocenters. The average molecular weight is 294 g/mol. The lowest BCUT2D eigenvalue weighted by atomic mass is 9.96. The maximum atomic E-state index is 6.14. The van der Waals surface area contributed by atoms with Crippen LogP contribution in [0.5, 0.6) is 5.75 Å². The van der Waals surface area contributed by atoms with Crippen LogP contribution in [-0.4, -0.2) is 13.7 Å². The molecule has 0 radical (unpaired) electrons. The number of ether oxygens (including phenoxy) is 1. The molecule has 0 aliphatic rings. The maximum Gasteiger partial charge on any atom is 0.198 e. The van der Waals surface area contributed by atoms with Gasteiger partial charge in [-0.15, -0.1) is 0 Å². The smallest absolute Gasteiger partial charge is 0.198 e. The summed E-state index contributed by atoms with van der Waals surface area (Å²) in [5.41, 5.74) is 3.31. The molecule has 1 aromatic heterocycles. The van der Waals surface area contributed by atoms with Crippen molar-refractivity contribution in [2.24, 2.45) is 0 Å². The first-order valence-electron chi connectivity index (χ1n) is 6.78. The van der Waals surface area contributed by atoms with Crippen LogP contribution in [0, 0.1) is 6.92 Å². The number of halogens is 1. The third kappa shape index (κ3) is 3.17. The Hall–Kier alpha value is -1.45. The van der Waals surface area contributed by atoms with Crippen LogP contribution in [0.4, 0.5) is 0 Å². The molecule has 1 unspecified atom stereocenters. The van der Waals surface area contributed by atoms with Gasteiger partial charge in [0.2, 0.25) is 0 Å². The standard InChI is InChI=1S/C16H20ClNO2/c1-4-8-18-15(14-7-9-20-16(14)17)13-6-5-12(19-3)10-11(13)2/h5-7,9-10,15,18H,4,8H2,1-3H3. The van der Waals surface area contributed by atoms with Gasteiger partial charge < -0.3 is 14.5 Å². The Morgan fingerprint density at radius 1 is 1.30 bits per heavy atom. The Morgan fingerprint density at radius 3 is 2.65 bits per heavy atom. The van der Waals surface area contributed by atoms with Crippen molar-refractivity contribution < 1.29 is 9.15 Å². The minimum atomic E-state index is 0.0344. The zero-order valence-corrected chi connectivity index (χ0v) is 12.8. The normalized spacial score (nSPS) is 12.4. The molecule has 0 aliphatic carbocycles. The molecule has 1 N–H and O–H groups in total. The molecule has 0 aliphatic heterocycles. The van der Waals surface area contributed by atoms with Crippen molar-refractivity contribution in [3.8, 4) is 5.75 Å². The number of hydrogen-bond donors (Lipinski definition) is 1. The monoisotopic (exact) mass is 293 g/mol. The topological polar surface area (TPSA) is 34.4 Å². The zero-order valence-electron chi connectivity index (χ0n) is 12.1. The minimum absolute atomic E-state index is 0.0344. The summed E-state index contributed by atoms with van der Waals surface area (Å²) >= 11 is 6.14. The van der Waals surface area contributed by atoms with E-state index in [1.807, 2.05) is 18.2 Å². The van der Waals surface area contributed by atoms with Gasteiger partial charge in [0.1, 0.15) is 5.75 Å². The van der Waals surface area contributed by atoms with Crippen LogP contribution in [0.2, 0.25) is 5.22 Å². The molecule has 2 rings (SSSR count). The van der Waals surface area contributed by atoms with E-state index in [-0.39, 0.29) is 6.04 Å². The largest absolute Gasteiger partial charge is 0.497 e. The van der Waals surface area contributed by atoms with Crippen LogP contribution in [0.25, 0.3) is 0 Å². The third-order valence-corrected chi connectivity index (χ3v) is 3.65. The summed E-state index contributed by atoms with van der Waals surface area (Å²) in [5.74, 6) is 0.860. The second-order valence-electron chi connectivity index (χ2n) is 4.76. The molecule has 0 bridgehead atoms. The summed E-state index contributed by atoms with van der Waals surface area (Å²) in [5, 5.41) is 3.96. The fraction of sp³-hybridized carbons (Fsp3) is 0.375. The summed E-state index contributed by atoms with van der Waals surface area (Å²) in [4.78, 5) is 0. The zero-order chi connectivity index (χ0) is 14.5. The van der Waals surface area contributed by atoms with E-state index in [9.17, 15) is 0 Å². The van der Waals surface area contributed by atoms with Crippen molar-refractivity contribution in [3.05, 3.63) is 52.4 Å². The van der Waals surface area contributed by atoms with E-state index in [1.165, 1.54) is 5.56 Å². The van der Waals surface area contributed by atoms with Crippen molar-refractivity contribution >= 4 is 11.6 Å². The van der Waals surface area contributed by atoms with Gasteiger partial charge in [-0.1, -0.05) is 13.0 Å². The number of methoxy groups -OCH3 is 1. The van der Waals surface area contributed by atoms with Crippen LogP contribution in [0.15, 0.2) is 34.9 Å². The average Bonchev–Trinajstić information content (AvgIpc) is 2.87. The predicted molar refractivity (Wildman–Crippen MR) is 81.6 cm³/mol. The van der Waals surface area contributed by atoms with Crippen molar-refractivity contribution in [1.29, 1.82) is 0 Å². The van der Waals surface area contributed by atoms with Crippen LogP contribution >= 0.6 is 11.6 Å². The summed E-state index contributed by atoms with van der Waals surface area (Å²) in [6.07, 6.45) is 2.68. The highest BCUT2D eigenvalue weighted by atomic mass is 35.5. The molecule has 0 amide bonds. The summed E-state index contributed by atoms with van der Waals surface area (Å²) in [6, 6.07) is 8.03. The summed E-state index contributed by atoms with van der Waals surface area (Å²) in [7, 11) is 1.67. The highest BCUT2D eigenvalue weighted by molar-refractivity contribution is 6.29. The number of nitrogens with one attached hydrogen (secondary N) is 1. The van der Waals surface area contributed by atoms with Crippen LogP contribution in [0.1, 0.15) is 36.1 Å². The first-order chi connectivity index (χ1) is 9.67. The first-order valence-corrected chi connectivity index (χ1v) is 7.16. The van der Waals surface area contributed by atoms with Gasteiger partial charge in [0.05, 0.1) is 19.4 Å². The molecule has 1 aromatic carbocycles. The quantitative estimate of drug-likeness (QED) is 0.860. The SMILES string of the molecule is CCCNC(c1ccc(OC)cc1C)c1ccoc1Cl. The van der Waals surface area contributed by atoms with Gasteiger partial charge in [-0.05, 0) is 60.8 Å². The summed E-state index contributed by atoms with van der Waals surface area (Å²) in [6.45, 7) is 5.13. The van der Waals surface area contributed by atoms with Gasteiger partial charge in [-0.3, -0.25) is 0 Å². The third-order valence-electron chi connectivity index (χ3n) is 3.34. The van der Waals surface area contributed by atoms with Gasteiger partial charge >= 0.3 is 0 Å². The van der Waals surface area contributed by atoms with E-state index in [4.69, 9.17) is 20.8 Å². The Balaban J connectivity index is 2.38. The number of rotatable bonds is 6. The Kier molecular flexibility index (Phi) is 5.10. The number of hydrogen-bond acceptors (Lipinski definition) is 3. The molecule has 20 heavy (non-hydrogen) atoms. The number of furan rings is 1. The van der Waals surface area contributed by atoms with E-state index < -0.39 is 0 Å². The van der Waals surface area contributed by atoms with Crippen molar-refractivity contribution in [2.75, 3.05) is 13.7 Å². The van der Waals surface area contributed by atoms with Crippen LogP contribution in [0.3, 0.4) is 0 Å². The predicted octanol–water partition coefficient (Wildman–Crippen LogP) is 4.34. The highest BCUT2D eigenvalue weighted by Crippen LogP contribution is 2.32. The highest BCUT2D eigenvalue weighted by Gasteiger charge is 2.20. The fourth-order valence-electron chi connectivity index (χ4n) is 2.29. The molecule has 2 aromatic rings. The molecule has 0 spiro atoms. The van der Waals surface area contributed by atoms with Crippen molar-refractivity contribution in [2.45, 2.75) is 26.3 Å². The lowest BCUT2D eigenvalue weighted by molar-refractivity contribution is 0.414. The molecular formula is C16H20ClNO2. The minimum Gasteiger partial charge on any atom is -0.497 e. The Labute approximate surface area is 124 Å². The van der Waals surface area contributed by atoms with Crippen LogP contribution in [-0.2, 0) is 0 Å².